The number of hydrogen-bond acceptors (Lipinski definition) is 2. The summed E-state index contributed by atoms with van der Waals surface area (Å²) in [5, 5.41) is 0.548. The monoisotopic (exact) mass is 266 g/mol. The molecule has 5 heteroatoms. The normalized spacial score (nSPS) is 12.9. The molecule has 0 amide bonds. The van der Waals surface area contributed by atoms with Gasteiger partial charge in [0.15, 0.2) is 0 Å². The van der Waals surface area contributed by atoms with Crippen LogP contribution >= 0.6 is 22.3 Å². The molecular weight excluding hydrogens is 255 g/mol. The van der Waals surface area contributed by atoms with Gasteiger partial charge in [0.25, 0.3) is 9.05 Å². The Bertz CT molecular complexity index is 473. The Balaban J connectivity index is 3.43. The van der Waals surface area contributed by atoms with Crippen molar-refractivity contribution in [3.63, 3.8) is 0 Å². The smallest absolute Gasteiger partial charge is 0.207 e. The zero-order valence-electron chi connectivity index (χ0n) is 8.71. The number of rotatable bonds is 1. The van der Waals surface area contributed by atoms with Crippen molar-refractivity contribution in [3.05, 3.63) is 28.8 Å². The topological polar surface area (TPSA) is 34.1 Å². The minimum absolute atomic E-state index is 0.0819. The third-order valence-electron chi connectivity index (χ3n) is 2.03. The highest BCUT2D eigenvalue weighted by atomic mass is 35.7. The van der Waals surface area contributed by atoms with E-state index in [0.717, 1.165) is 5.56 Å². The van der Waals surface area contributed by atoms with Crippen molar-refractivity contribution in [1.29, 1.82) is 0 Å². The molecule has 0 radical (unpaired) electrons. The molecule has 1 rings (SSSR count). The van der Waals surface area contributed by atoms with E-state index in [1.807, 2.05) is 20.8 Å². The van der Waals surface area contributed by atoms with Crippen molar-refractivity contribution in [2.24, 2.45) is 0 Å². The third kappa shape index (κ3) is 3.10. The highest BCUT2D eigenvalue weighted by Gasteiger charge is 2.20. The molecule has 0 atom stereocenters. The second-order valence-corrected chi connectivity index (χ2v) is 7.30. The van der Waals surface area contributed by atoms with Crippen molar-refractivity contribution in [2.75, 3.05) is 0 Å². The molecule has 0 aliphatic heterocycles. The van der Waals surface area contributed by atoms with E-state index in [2.05, 4.69) is 0 Å². The maximum Gasteiger partial charge on any atom is 0.261 e. The predicted molar refractivity (Wildman–Crippen MR) is 63.2 cm³/mol. The molecule has 0 heterocycles. The number of hydrogen-bond donors (Lipinski definition) is 0. The van der Waals surface area contributed by atoms with Gasteiger partial charge in [-0.1, -0.05) is 32.4 Å². The van der Waals surface area contributed by atoms with E-state index >= 15 is 0 Å². The molecule has 2 nitrogen and oxygen atoms in total. The molecule has 84 valence electrons. The lowest BCUT2D eigenvalue weighted by molar-refractivity contribution is 0.586. The van der Waals surface area contributed by atoms with Crippen LogP contribution in [0.4, 0.5) is 0 Å². The van der Waals surface area contributed by atoms with E-state index in [-0.39, 0.29) is 10.3 Å². The maximum atomic E-state index is 11.1. The first kappa shape index (κ1) is 12.8. The van der Waals surface area contributed by atoms with Crippen LogP contribution in [0.25, 0.3) is 0 Å². The summed E-state index contributed by atoms with van der Waals surface area (Å²) >= 11 is 5.99. The van der Waals surface area contributed by atoms with Crippen LogP contribution in [0.2, 0.25) is 5.02 Å². The molecule has 0 spiro atoms. The summed E-state index contributed by atoms with van der Waals surface area (Å²) in [6.07, 6.45) is 0. The fourth-order valence-electron chi connectivity index (χ4n) is 1.23. The molecule has 0 aromatic heterocycles. The molecule has 0 bridgehead atoms. The highest BCUT2D eigenvalue weighted by Crippen LogP contribution is 2.32. The molecule has 0 fully saturated rings. The van der Waals surface area contributed by atoms with Gasteiger partial charge in [-0.3, -0.25) is 0 Å². The molecule has 0 aliphatic carbocycles. The first-order chi connectivity index (χ1) is 6.62. The summed E-state index contributed by atoms with van der Waals surface area (Å²) in [5.41, 5.74) is 0.556. The van der Waals surface area contributed by atoms with E-state index in [1.165, 1.54) is 12.1 Å². The lowest BCUT2D eigenvalue weighted by atomic mass is 9.87. The largest absolute Gasteiger partial charge is 0.261 e. The number of benzene rings is 1. The molecule has 0 unspecified atom stereocenters. The summed E-state index contributed by atoms with van der Waals surface area (Å²) in [4.78, 5) is 0.0819. The van der Waals surface area contributed by atoms with Crippen LogP contribution in [0.1, 0.15) is 26.3 Å². The molecule has 0 aliphatic rings. The Labute approximate surface area is 99.6 Å². The lowest BCUT2D eigenvalue weighted by Crippen LogP contribution is -2.12. The second-order valence-electron chi connectivity index (χ2n) is 4.33. The summed E-state index contributed by atoms with van der Waals surface area (Å²) in [7, 11) is 1.57. The summed E-state index contributed by atoms with van der Waals surface area (Å²) in [6.45, 7) is 5.87. The fourth-order valence-corrected chi connectivity index (χ4v) is 2.41. The average Bonchev–Trinajstić information content (AvgIpc) is 2.00. The fraction of sp³-hybridized carbons (Fsp3) is 0.400. The Morgan fingerprint density at radius 3 is 2.13 bits per heavy atom. The molecule has 1 aromatic rings. The van der Waals surface area contributed by atoms with Crippen LogP contribution in [0, 0.1) is 0 Å². The van der Waals surface area contributed by atoms with E-state index in [4.69, 9.17) is 22.3 Å². The van der Waals surface area contributed by atoms with Gasteiger partial charge < -0.3 is 0 Å². The van der Waals surface area contributed by atoms with Crippen LogP contribution in [-0.4, -0.2) is 8.42 Å². The van der Waals surface area contributed by atoms with Crippen LogP contribution in [0.15, 0.2) is 23.1 Å². The van der Waals surface area contributed by atoms with Gasteiger partial charge in [0, 0.05) is 15.7 Å². The maximum absolute atomic E-state index is 11.1. The Kier molecular flexibility index (Phi) is 3.39. The minimum atomic E-state index is -3.69. The van der Waals surface area contributed by atoms with Gasteiger partial charge in [0.2, 0.25) is 0 Å². The second kappa shape index (κ2) is 3.96. The molecule has 0 N–H and O–H groups in total. The van der Waals surface area contributed by atoms with Crippen LogP contribution in [0.3, 0.4) is 0 Å². The summed E-state index contributed by atoms with van der Waals surface area (Å²) in [5.74, 6) is 0. The van der Waals surface area contributed by atoms with Crippen LogP contribution in [-0.2, 0) is 14.5 Å². The third-order valence-corrected chi connectivity index (χ3v) is 3.71. The lowest BCUT2D eigenvalue weighted by Gasteiger charge is -2.20. The van der Waals surface area contributed by atoms with Gasteiger partial charge in [0.05, 0.1) is 4.90 Å². The van der Waals surface area contributed by atoms with Crippen molar-refractivity contribution >= 4 is 31.3 Å². The minimum Gasteiger partial charge on any atom is -0.207 e. The zero-order valence-corrected chi connectivity index (χ0v) is 11.0. The van der Waals surface area contributed by atoms with E-state index in [0.29, 0.717) is 5.02 Å². The zero-order chi connectivity index (χ0) is 11.9. The van der Waals surface area contributed by atoms with E-state index in [1.54, 1.807) is 6.07 Å². The van der Waals surface area contributed by atoms with Crippen molar-refractivity contribution < 1.29 is 8.42 Å². The molecule has 1 aromatic carbocycles. The van der Waals surface area contributed by atoms with Gasteiger partial charge in [-0.05, 0) is 29.2 Å². The standard InChI is InChI=1S/C10H12Cl2O2S/c1-10(2,3)8-6-7(15(12,13)14)4-5-9(8)11/h4-6H,1-3H3. The first-order valence-electron chi connectivity index (χ1n) is 4.37. The quantitative estimate of drug-likeness (QED) is 0.729. The Morgan fingerprint density at radius 1 is 1.20 bits per heavy atom. The SMILES string of the molecule is CC(C)(C)c1cc(S(=O)(=O)Cl)ccc1Cl. The van der Waals surface area contributed by atoms with E-state index in [9.17, 15) is 8.42 Å². The van der Waals surface area contributed by atoms with Gasteiger partial charge >= 0.3 is 0 Å². The summed E-state index contributed by atoms with van der Waals surface area (Å²) in [6, 6.07) is 4.47. The molecule has 0 saturated carbocycles. The van der Waals surface area contributed by atoms with Gasteiger partial charge in [-0.2, -0.15) is 0 Å². The van der Waals surface area contributed by atoms with Crippen molar-refractivity contribution in [1.82, 2.24) is 0 Å². The molecule has 15 heavy (non-hydrogen) atoms. The van der Waals surface area contributed by atoms with E-state index < -0.39 is 9.05 Å². The first-order valence-corrected chi connectivity index (χ1v) is 7.06. The van der Waals surface area contributed by atoms with Crippen molar-refractivity contribution in [2.45, 2.75) is 31.1 Å². The Hall–Kier alpha value is -0.250. The van der Waals surface area contributed by atoms with Gasteiger partial charge in [0.1, 0.15) is 0 Å². The van der Waals surface area contributed by atoms with Crippen molar-refractivity contribution in [3.8, 4) is 0 Å². The summed E-state index contributed by atoms with van der Waals surface area (Å²) < 4.78 is 22.3. The van der Waals surface area contributed by atoms with Crippen LogP contribution < -0.4 is 0 Å². The van der Waals surface area contributed by atoms with Gasteiger partial charge in [-0.15, -0.1) is 0 Å². The predicted octanol–water partition coefficient (Wildman–Crippen LogP) is 3.57. The Morgan fingerprint density at radius 2 is 1.73 bits per heavy atom. The number of halogens is 2. The van der Waals surface area contributed by atoms with Crippen LogP contribution in [0.5, 0.6) is 0 Å². The molecular formula is C10H12Cl2O2S. The average molecular weight is 267 g/mol. The van der Waals surface area contributed by atoms with Gasteiger partial charge in [-0.25, -0.2) is 8.42 Å². The highest BCUT2D eigenvalue weighted by molar-refractivity contribution is 8.13. The molecule has 0 saturated heterocycles.